The average Bonchev–Trinajstić information content (AvgIpc) is 2.74. The normalized spacial score (nSPS) is 14.2. The van der Waals surface area contributed by atoms with Crippen LogP contribution in [0.3, 0.4) is 0 Å². The lowest BCUT2D eigenvalue weighted by molar-refractivity contribution is 0.227. The lowest BCUT2D eigenvalue weighted by atomic mass is 10.1. The molecule has 4 N–H and O–H groups in total. The Morgan fingerprint density at radius 1 is 1.47 bits per heavy atom. The number of rotatable bonds is 6. The molecule has 0 aromatic carbocycles. The molecule has 0 bridgehead atoms. The molecule has 98 valence electrons. The Kier molecular flexibility index (Phi) is 4.70. The van der Waals surface area contributed by atoms with Crippen molar-refractivity contribution in [3.05, 3.63) is 17.9 Å². The van der Waals surface area contributed by atoms with E-state index in [1.807, 2.05) is 13.8 Å². The summed E-state index contributed by atoms with van der Waals surface area (Å²) in [6.45, 7) is 3.51. The summed E-state index contributed by atoms with van der Waals surface area (Å²) < 4.78 is 31.2. The summed E-state index contributed by atoms with van der Waals surface area (Å²) in [6.07, 6.45) is 0. The van der Waals surface area contributed by atoms with Crippen molar-refractivity contribution < 1.29 is 17.9 Å². The predicted molar refractivity (Wildman–Crippen MR) is 62.6 cm³/mol. The van der Waals surface area contributed by atoms with Crippen molar-refractivity contribution >= 4 is 10.0 Å². The minimum absolute atomic E-state index is 0.0151. The monoisotopic (exact) mass is 262 g/mol. The van der Waals surface area contributed by atoms with Crippen LogP contribution in [0.1, 0.15) is 19.6 Å². The van der Waals surface area contributed by atoms with Crippen molar-refractivity contribution in [3.8, 4) is 0 Å². The van der Waals surface area contributed by atoms with Gasteiger partial charge in [-0.25, -0.2) is 13.1 Å². The molecule has 1 atom stereocenters. The zero-order chi connectivity index (χ0) is 13.1. The first kappa shape index (κ1) is 14.2. The molecule has 1 heterocycles. The molecular weight excluding hydrogens is 244 g/mol. The van der Waals surface area contributed by atoms with Gasteiger partial charge >= 0.3 is 0 Å². The SMILES string of the molecule is CC(C)[C@@H](CO)NS(=O)(=O)c1ccc(CN)o1. The molecule has 1 aromatic rings. The summed E-state index contributed by atoms with van der Waals surface area (Å²) in [5, 5.41) is 8.90. The molecule has 0 fully saturated rings. The Labute approximate surface area is 101 Å². The Balaban J connectivity index is 2.88. The topological polar surface area (TPSA) is 106 Å². The number of nitrogens with one attached hydrogen (secondary N) is 1. The average molecular weight is 262 g/mol. The highest BCUT2D eigenvalue weighted by Gasteiger charge is 2.24. The molecule has 1 aromatic heterocycles. The van der Waals surface area contributed by atoms with Crippen LogP contribution in [0.2, 0.25) is 0 Å². The molecule has 0 aliphatic rings. The van der Waals surface area contributed by atoms with Gasteiger partial charge in [-0.15, -0.1) is 0 Å². The zero-order valence-corrected chi connectivity index (χ0v) is 10.7. The van der Waals surface area contributed by atoms with Gasteiger partial charge in [0.1, 0.15) is 5.76 Å². The minimum atomic E-state index is -3.74. The van der Waals surface area contributed by atoms with Gasteiger partial charge in [-0.3, -0.25) is 0 Å². The Morgan fingerprint density at radius 3 is 2.53 bits per heavy atom. The molecule has 0 saturated carbocycles. The minimum Gasteiger partial charge on any atom is -0.447 e. The molecular formula is C10H18N2O4S. The van der Waals surface area contributed by atoms with Crippen LogP contribution in [-0.4, -0.2) is 26.2 Å². The van der Waals surface area contributed by atoms with Crippen LogP contribution in [0.25, 0.3) is 0 Å². The molecule has 0 unspecified atom stereocenters. The van der Waals surface area contributed by atoms with Gasteiger partial charge in [0.15, 0.2) is 0 Å². The summed E-state index contributed by atoms with van der Waals surface area (Å²) in [4.78, 5) is 0. The number of aliphatic hydroxyl groups excluding tert-OH is 1. The van der Waals surface area contributed by atoms with E-state index in [-0.39, 0.29) is 24.2 Å². The molecule has 6 nitrogen and oxygen atoms in total. The summed E-state index contributed by atoms with van der Waals surface area (Å²) >= 11 is 0. The van der Waals surface area contributed by atoms with Crippen molar-refractivity contribution in [2.75, 3.05) is 6.61 Å². The second-order valence-electron chi connectivity index (χ2n) is 4.08. The van der Waals surface area contributed by atoms with Crippen LogP contribution < -0.4 is 10.5 Å². The highest BCUT2D eigenvalue weighted by Crippen LogP contribution is 2.15. The molecule has 0 aliphatic heterocycles. The number of furan rings is 1. The molecule has 1 rings (SSSR count). The van der Waals surface area contributed by atoms with Crippen LogP contribution in [-0.2, 0) is 16.6 Å². The van der Waals surface area contributed by atoms with Crippen molar-refractivity contribution in [2.24, 2.45) is 11.7 Å². The van der Waals surface area contributed by atoms with Gasteiger partial charge in [-0.1, -0.05) is 13.8 Å². The first-order chi connectivity index (χ1) is 7.90. The van der Waals surface area contributed by atoms with Crippen molar-refractivity contribution in [3.63, 3.8) is 0 Å². The zero-order valence-electron chi connectivity index (χ0n) is 9.88. The largest absolute Gasteiger partial charge is 0.447 e. The van der Waals surface area contributed by atoms with E-state index in [0.29, 0.717) is 5.76 Å². The molecule has 7 heteroatoms. The van der Waals surface area contributed by atoms with Gasteiger partial charge in [0.25, 0.3) is 10.0 Å². The van der Waals surface area contributed by atoms with Gasteiger partial charge in [0.2, 0.25) is 5.09 Å². The molecule has 0 aliphatic carbocycles. The predicted octanol–water partition coefficient (Wildman–Crippen LogP) is 0.0335. The van der Waals surface area contributed by atoms with Crippen LogP contribution in [0, 0.1) is 5.92 Å². The molecule has 0 radical (unpaired) electrons. The highest BCUT2D eigenvalue weighted by molar-refractivity contribution is 7.89. The highest BCUT2D eigenvalue weighted by atomic mass is 32.2. The molecule has 0 amide bonds. The molecule has 0 saturated heterocycles. The Morgan fingerprint density at radius 2 is 2.12 bits per heavy atom. The van der Waals surface area contributed by atoms with E-state index in [0.717, 1.165) is 0 Å². The third-order valence-electron chi connectivity index (χ3n) is 2.41. The third-order valence-corrected chi connectivity index (χ3v) is 3.77. The van der Waals surface area contributed by atoms with E-state index in [1.165, 1.54) is 12.1 Å². The van der Waals surface area contributed by atoms with Gasteiger partial charge < -0.3 is 15.3 Å². The van der Waals surface area contributed by atoms with Gasteiger partial charge in [-0.2, -0.15) is 0 Å². The first-order valence-electron chi connectivity index (χ1n) is 5.32. The summed E-state index contributed by atoms with van der Waals surface area (Å²) in [7, 11) is -3.74. The van der Waals surface area contributed by atoms with E-state index in [9.17, 15) is 8.42 Å². The van der Waals surface area contributed by atoms with Gasteiger partial charge in [-0.05, 0) is 18.1 Å². The van der Waals surface area contributed by atoms with E-state index < -0.39 is 16.1 Å². The first-order valence-corrected chi connectivity index (χ1v) is 6.81. The summed E-state index contributed by atoms with van der Waals surface area (Å²) in [6, 6.07) is 2.32. The van der Waals surface area contributed by atoms with Crippen molar-refractivity contribution in [1.29, 1.82) is 0 Å². The lowest BCUT2D eigenvalue weighted by Gasteiger charge is -2.18. The maximum atomic E-state index is 11.9. The number of hydrogen-bond donors (Lipinski definition) is 3. The Bertz CT molecular complexity index is 453. The van der Waals surface area contributed by atoms with E-state index in [4.69, 9.17) is 15.3 Å². The van der Waals surface area contributed by atoms with Crippen molar-refractivity contribution in [1.82, 2.24) is 4.72 Å². The number of sulfonamides is 1. The smallest absolute Gasteiger partial charge is 0.274 e. The molecule has 0 spiro atoms. The fraction of sp³-hybridized carbons (Fsp3) is 0.600. The van der Waals surface area contributed by atoms with Crippen LogP contribution in [0.5, 0.6) is 0 Å². The second kappa shape index (κ2) is 5.63. The van der Waals surface area contributed by atoms with E-state index >= 15 is 0 Å². The van der Waals surface area contributed by atoms with Gasteiger partial charge in [0.05, 0.1) is 13.2 Å². The maximum absolute atomic E-state index is 11.9. The maximum Gasteiger partial charge on any atom is 0.274 e. The Hall–Kier alpha value is -0.890. The third kappa shape index (κ3) is 3.53. The van der Waals surface area contributed by atoms with E-state index in [2.05, 4.69) is 4.72 Å². The summed E-state index contributed by atoms with van der Waals surface area (Å²) in [5.41, 5.74) is 5.33. The second-order valence-corrected chi connectivity index (χ2v) is 5.72. The standard InChI is InChI=1S/C10H18N2O4S/c1-7(2)9(6-13)12-17(14,15)10-4-3-8(5-11)16-10/h3-4,7,9,12-13H,5-6,11H2,1-2H3/t9-/m1/s1. The fourth-order valence-electron chi connectivity index (χ4n) is 1.25. The van der Waals surface area contributed by atoms with Crippen LogP contribution in [0.4, 0.5) is 0 Å². The van der Waals surface area contributed by atoms with Crippen molar-refractivity contribution in [2.45, 2.75) is 31.5 Å². The summed E-state index contributed by atoms with van der Waals surface area (Å²) in [5.74, 6) is 0.384. The van der Waals surface area contributed by atoms with Crippen LogP contribution in [0.15, 0.2) is 21.6 Å². The van der Waals surface area contributed by atoms with E-state index in [1.54, 1.807) is 0 Å². The quantitative estimate of drug-likeness (QED) is 0.671. The van der Waals surface area contributed by atoms with Crippen LogP contribution >= 0.6 is 0 Å². The number of nitrogens with two attached hydrogens (primary N) is 1. The molecule has 17 heavy (non-hydrogen) atoms. The van der Waals surface area contributed by atoms with Gasteiger partial charge in [0, 0.05) is 6.04 Å². The lowest BCUT2D eigenvalue weighted by Crippen LogP contribution is -2.40. The fourth-order valence-corrected chi connectivity index (χ4v) is 2.58. The number of aliphatic hydroxyl groups is 1. The number of hydrogen-bond acceptors (Lipinski definition) is 5.